The van der Waals surface area contributed by atoms with Crippen LogP contribution in [0.25, 0.3) is 10.9 Å². The first-order chi connectivity index (χ1) is 17.9. The summed E-state index contributed by atoms with van der Waals surface area (Å²) in [6, 6.07) is 18.7. The van der Waals surface area contributed by atoms with Gasteiger partial charge in [0.2, 0.25) is 0 Å². The molecular formula is C31H34N2O4. The molecule has 0 fully saturated rings. The first-order valence-electron chi connectivity index (χ1n) is 13.0. The molecule has 0 unspecified atom stereocenters. The fraction of sp³-hybridized carbons (Fsp3) is 0.323. The van der Waals surface area contributed by atoms with E-state index in [9.17, 15) is 14.7 Å². The van der Waals surface area contributed by atoms with E-state index in [1.807, 2.05) is 47.9 Å². The summed E-state index contributed by atoms with van der Waals surface area (Å²) < 4.78 is 7.91. The quantitative estimate of drug-likeness (QED) is 0.261. The van der Waals surface area contributed by atoms with Crippen LogP contribution in [0, 0.1) is 6.92 Å². The van der Waals surface area contributed by atoms with Crippen LogP contribution < -0.4 is 10.3 Å². The van der Waals surface area contributed by atoms with Crippen LogP contribution in [0.1, 0.15) is 71.5 Å². The van der Waals surface area contributed by atoms with E-state index in [1.54, 1.807) is 18.2 Å². The Morgan fingerprint density at radius 2 is 1.78 bits per heavy atom. The number of aromatic nitrogens is 2. The third-order valence-corrected chi connectivity index (χ3v) is 6.56. The van der Waals surface area contributed by atoms with Crippen molar-refractivity contribution in [3.63, 3.8) is 0 Å². The highest BCUT2D eigenvalue weighted by atomic mass is 16.5. The van der Waals surface area contributed by atoms with Gasteiger partial charge < -0.3 is 9.84 Å². The van der Waals surface area contributed by atoms with Crippen molar-refractivity contribution in [3.8, 4) is 5.75 Å². The van der Waals surface area contributed by atoms with Gasteiger partial charge in [0.25, 0.3) is 5.56 Å². The predicted octanol–water partition coefficient (Wildman–Crippen LogP) is 6.33. The minimum atomic E-state index is -0.966. The second-order valence-corrected chi connectivity index (χ2v) is 9.49. The SMILES string of the molecule is CCCCc1nc2ccc(C)cc2c(=O)n1Cc1ccc(OCc2ccccc2C(=O)O)c(CCC)c1. The molecule has 4 aromatic rings. The Morgan fingerprint density at radius 3 is 2.54 bits per heavy atom. The monoisotopic (exact) mass is 498 g/mol. The van der Waals surface area contributed by atoms with Crippen molar-refractivity contribution >= 4 is 16.9 Å². The largest absolute Gasteiger partial charge is 0.489 e. The molecule has 0 aliphatic heterocycles. The molecule has 1 N–H and O–H groups in total. The van der Waals surface area contributed by atoms with E-state index < -0.39 is 5.97 Å². The zero-order valence-electron chi connectivity index (χ0n) is 21.8. The molecule has 3 aromatic carbocycles. The van der Waals surface area contributed by atoms with Crippen molar-refractivity contribution in [2.75, 3.05) is 0 Å². The lowest BCUT2D eigenvalue weighted by molar-refractivity contribution is 0.0694. The van der Waals surface area contributed by atoms with Gasteiger partial charge in [-0.15, -0.1) is 0 Å². The molecule has 0 spiro atoms. The van der Waals surface area contributed by atoms with Crippen molar-refractivity contribution in [2.45, 2.75) is 66.0 Å². The molecular weight excluding hydrogens is 464 g/mol. The molecule has 0 radical (unpaired) electrons. The fourth-order valence-corrected chi connectivity index (χ4v) is 4.60. The minimum absolute atomic E-state index is 0.0116. The van der Waals surface area contributed by atoms with E-state index in [-0.39, 0.29) is 17.7 Å². The standard InChI is InChI=1S/C31H34N2O4/c1-4-6-12-29-32-27-15-13-21(3)17-26(27)30(34)33(29)19-22-14-16-28(23(18-22)9-5-2)37-20-24-10-7-8-11-25(24)31(35)36/h7-8,10-11,13-18H,4-6,9,12,19-20H2,1-3H3,(H,35,36). The van der Waals surface area contributed by atoms with Crippen molar-refractivity contribution < 1.29 is 14.6 Å². The number of nitrogens with zero attached hydrogens (tertiary/aromatic N) is 2. The molecule has 192 valence electrons. The van der Waals surface area contributed by atoms with Gasteiger partial charge in [0, 0.05) is 12.0 Å². The zero-order chi connectivity index (χ0) is 26.4. The van der Waals surface area contributed by atoms with E-state index in [1.165, 1.54) is 0 Å². The van der Waals surface area contributed by atoms with Gasteiger partial charge in [0.1, 0.15) is 18.2 Å². The molecule has 0 saturated carbocycles. The molecule has 0 amide bonds. The molecule has 6 nitrogen and oxygen atoms in total. The molecule has 0 aliphatic rings. The zero-order valence-corrected chi connectivity index (χ0v) is 21.8. The van der Waals surface area contributed by atoms with Crippen molar-refractivity contribution in [1.29, 1.82) is 0 Å². The first-order valence-corrected chi connectivity index (χ1v) is 13.0. The van der Waals surface area contributed by atoms with Crippen molar-refractivity contribution in [2.24, 2.45) is 0 Å². The smallest absolute Gasteiger partial charge is 0.336 e. The summed E-state index contributed by atoms with van der Waals surface area (Å²) >= 11 is 0. The van der Waals surface area contributed by atoms with Crippen LogP contribution in [0.15, 0.2) is 65.5 Å². The fourth-order valence-electron chi connectivity index (χ4n) is 4.60. The Labute approximate surface area is 217 Å². The van der Waals surface area contributed by atoms with E-state index >= 15 is 0 Å². The van der Waals surface area contributed by atoms with Crippen molar-refractivity contribution in [3.05, 3.63) is 105 Å². The van der Waals surface area contributed by atoms with Crippen LogP contribution in [0.4, 0.5) is 0 Å². The minimum Gasteiger partial charge on any atom is -0.489 e. The van der Waals surface area contributed by atoms with Gasteiger partial charge in [-0.05, 0) is 55.2 Å². The number of aryl methyl sites for hydroxylation is 3. The number of rotatable bonds is 11. The molecule has 0 atom stereocenters. The summed E-state index contributed by atoms with van der Waals surface area (Å²) in [5.74, 6) is 0.578. The van der Waals surface area contributed by atoms with Crippen LogP contribution in [0.2, 0.25) is 0 Å². The molecule has 37 heavy (non-hydrogen) atoms. The van der Waals surface area contributed by atoms with E-state index in [2.05, 4.69) is 19.9 Å². The average Bonchev–Trinajstić information content (AvgIpc) is 2.89. The number of fused-ring (bicyclic) bond motifs is 1. The number of carboxylic acid groups (broad SMARTS) is 1. The summed E-state index contributed by atoms with van der Waals surface area (Å²) in [5, 5.41) is 10.1. The first kappa shape index (κ1) is 26.1. The summed E-state index contributed by atoms with van der Waals surface area (Å²) in [7, 11) is 0. The average molecular weight is 499 g/mol. The van der Waals surface area contributed by atoms with Gasteiger partial charge in [0.15, 0.2) is 0 Å². The maximum absolute atomic E-state index is 13.5. The summed E-state index contributed by atoms with van der Waals surface area (Å²) in [6.07, 6.45) is 4.50. The van der Waals surface area contributed by atoms with E-state index in [0.717, 1.165) is 65.9 Å². The molecule has 1 aromatic heterocycles. The third kappa shape index (κ3) is 6.08. The highest BCUT2D eigenvalue weighted by Crippen LogP contribution is 2.25. The lowest BCUT2D eigenvalue weighted by Gasteiger charge is -2.17. The molecule has 4 rings (SSSR count). The summed E-state index contributed by atoms with van der Waals surface area (Å²) in [4.78, 5) is 30.0. The number of aromatic carboxylic acids is 1. The number of hydrogen-bond acceptors (Lipinski definition) is 4. The topological polar surface area (TPSA) is 81.4 Å². The summed E-state index contributed by atoms with van der Waals surface area (Å²) in [6.45, 7) is 6.84. The van der Waals surface area contributed by atoms with Gasteiger partial charge in [-0.2, -0.15) is 0 Å². The predicted molar refractivity (Wildman–Crippen MR) is 147 cm³/mol. The van der Waals surface area contributed by atoms with Gasteiger partial charge >= 0.3 is 5.97 Å². The van der Waals surface area contributed by atoms with E-state index in [0.29, 0.717) is 17.5 Å². The normalized spacial score (nSPS) is 11.1. The lowest BCUT2D eigenvalue weighted by Crippen LogP contribution is -2.26. The van der Waals surface area contributed by atoms with Crippen LogP contribution in [-0.4, -0.2) is 20.6 Å². The van der Waals surface area contributed by atoms with Gasteiger partial charge in [-0.1, -0.05) is 68.7 Å². The molecule has 6 heteroatoms. The maximum Gasteiger partial charge on any atom is 0.336 e. The number of hydrogen-bond donors (Lipinski definition) is 1. The molecule has 0 saturated heterocycles. The maximum atomic E-state index is 13.5. The number of unbranched alkanes of at least 4 members (excludes halogenated alkanes) is 1. The van der Waals surface area contributed by atoms with Gasteiger partial charge in [-0.25, -0.2) is 9.78 Å². The van der Waals surface area contributed by atoms with Gasteiger partial charge in [0.05, 0.1) is 23.0 Å². The highest BCUT2D eigenvalue weighted by molar-refractivity contribution is 5.89. The number of ether oxygens (including phenoxy) is 1. The third-order valence-electron chi connectivity index (χ3n) is 6.56. The van der Waals surface area contributed by atoms with Crippen LogP contribution in [-0.2, 0) is 26.0 Å². The second kappa shape index (κ2) is 11.9. The van der Waals surface area contributed by atoms with Crippen LogP contribution >= 0.6 is 0 Å². The lowest BCUT2D eigenvalue weighted by atomic mass is 10.0. The summed E-state index contributed by atoms with van der Waals surface area (Å²) in [5.41, 5.74) is 4.70. The van der Waals surface area contributed by atoms with Gasteiger partial charge in [-0.3, -0.25) is 9.36 Å². The number of carbonyl (C=O) groups is 1. The van der Waals surface area contributed by atoms with Crippen molar-refractivity contribution in [1.82, 2.24) is 9.55 Å². The molecule has 0 aliphatic carbocycles. The van der Waals surface area contributed by atoms with Crippen LogP contribution in [0.5, 0.6) is 5.75 Å². The van der Waals surface area contributed by atoms with Crippen LogP contribution in [0.3, 0.4) is 0 Å². The Bertz CT molecular complexity index is 1470. The van der Waals surface area contributed by atoms with E-state index in [4.69, 9.17) is 9.72 Å². The second-order valence-electron chi connectivity index (χ2n) is 9.49. The Morgan fingerprint density at radius 1 is 0.973 bits per heavy atom. The Hall–Kier alpha value is -3.93. The highest BCUT2D eigenvalue weighted by Gasteiger charge is 2.14. The number of carboxylic acids is 1. The Balaban J connectivity index is 1.66. The number of benzene rings is 3. The molecule has 0 bridgehead atoms. The Kier molecular flexibility index (Phi) is 8.39. The molecule has 1 heterocycles.